The zero-order chi connectivity index (χ0) is 11.8. The Morgan fingerprint density at radius 3 is 2.62 bits per heavy atom. The predicted octanol–water partition coefficient (Wildman–Crippen LogP) is 1.68. The molecule has 0 radical (unpaired) electrons. The summed E-state index contributed by atoms with van der Waals surface area (Å²) in [6.07, 6.45) is 3.70. The second-order valence-electron chi connectivity index (χ2n) is 3.14. The maximum absolute atomic E-state index is 11.1. The first-order chi connectivity index (χ1) is 7.68. The van der Waals surface area contributed by atoms with Crippen LogP contribution in [0, 0.1) is 0 Å². The van der Waals surface area contributed by atoms with Crippen LogP contribution in [0.2, 0.25) is 0 Å². The SMILES string of the molecule is CC(=O)ONC(=O)C/C=C/c1ccccc1. The van der Waals surface area contributed by atoms with Crippen molar-refractivity contribution in [1.82, 2.24) is 5.48 Å². The number of amides is 1. The Hall–Kier alpha value is -2.10. The van der Waals surface area contributed by atoms with E-state index >= 15 is 0 Å². The third-order valence-electron chi connectivity index (χ3n) is 1.72. The van der Waals surface area contributed by atoms with Gasteiger partial charge in [0.2, 0.25) is 0 Å². The first kappa shape index (κ1) is 12.0. The fourth-order valence-electron chi connectivity index (χ4n) is 1.04. The molecule has 0 bridgehead atoms. The minimum absolute atomic E-state index is 0.169. The van der Waals surface area contributed by atoms with Crippen LogP contribution < -0.4 is 5.48 Å². The van der Waals surface area contributed by atoms with Crippen LogP contribution in [-0.4, -0.2) is 11.9 Å². The second-order valence-corrected chi connectivity index (χ2v) is 3.14. The highest BCUT2D eigenvalue weighted by molar-refractivity contribution is 5.79. The number of hydroxylamine groups is 1. The van der Waals surface area contributed by atoms with Gasteiger partial charge in [0.1, 0.15) is 0 Å². The number of benzene rings is 1. The van der Waals surface area contributed by atoms with Gasteiger partial charge >= 0.3 is 5.97 Å². The Morgan fingerprint density at radius 2 is 2.00 bits per heavy atom. The van der Waals surface area contributed by atoms with Crippen molar-refractivity contribution in [2.24, 2.45) is 0 Å². The molecule has 0 aliphatic carbocycles. The third kappa shape index (κ3) is 4.95. The minimum Gasteiger partial charge on any atom is -0.341 e. The van der Waals surface area contributed by atoms with E-state index in [1.54, 1.807) is 6.08 Å². The fraction of sp³-hybridized carbons (Fsp3) is 0.167. The summed E-state index contributed by atoms with van der Waals surface area (Å²) in [5, 5.41) is 0. The zero-order valence-electron chi connectivity index (χ0n) is 8.97. The van der Waals surface area contributed by atoms with E-state index < -0.39 is 5.97 Å². The fourth-order valence-corrected chi connectivity index (χ4v) is 1.04. The zero-order valence-corrected chi connectivity index (χ0v) is 8.97. The van der Waals surface area contributed by atoms with Crippen LogP contribution in [0.25, 0.3) is 6.08 Å². The number of hydrogen-bond acceptors (Lipinski definition) is 3. The second kappa shape index (κ2) is 6.40. The van der Waals surface area contributed by atoms with Crippen molar-refractivity contribution in [3.8, 4) is 0 Å². The van der Waals surface area contributed by atoms with Gasteiger partial charge in [-0.2, -0.15) is 5.48 Å². The molecule has 0 atom stereocenters. The van der Waals surface area contributed by atoms with Gasteiger partial charge in [-0.25, -0.2) is 0 Å². The van der Waals surface area contributed by atoms with E-state index in [2.05, 4.69) is 4.84 Å². The molecule has 0 aromatic heterocycles. The smallest absolute Gasteiger partial charge is 0.329 e. The number of nitrogens with one attached hydrogen (secondary N) is 1. The summed E-state index contributed by atoms with van der Waals surface area (Å²) in [5.41, 5.74) is 3.05. The summed E-state index contributed by atoms with van der Waals surface area (Å²) in [4.78, 5) is 25.8. The molecule has 0 unspecified atom stereocenters. The van der Waals surface area contributed by atoms with Crippen molar-refractivity contribution < 1.29 is 14.4 Å². The molecule has 1 N–H and O–H groups in total. The highest BCUT2D eigenvalue weighted by Gasteiger charge is 1.99. The van der Waals surface area contributed by atoms with Crippen molar-refractivity contribution >= 4 is 18.0 Å². The minimum atomic E-state index is -0.541. The highest BCUT2D eigenvalue weighted by atomic mass is 16.7. The summed E-state index contributed by atoms with van der Waals surface area (Å²) in [7, 11) is 0. The Balaban J connectivity index is 2.32. The summed E-state index contributed by atoms with van der Waals surface area (Å²) in [6.45, 7) is 1.22. The lowest BCUT2D eigenvalue weighted by molar-refractivity contribution is -0.155. The monoisotopic (exact) mass is 219 g/mol. The Kier molecular flexibility index (Phi) is 4.79. The Morgan fingerprint density at radius 1 is 1.31 bits per heavy atom. The quantitative estimate of drug-likeness (QED) is 0.787. The van der Waals surface area contributed by atoms with E-state index in [1.807, 2.05) is 41.9 Å². The van der Waals surface area contributed by atoms with Crippen molar-refractivity contribution in [3.63, 3.8) is 0 Å². The molecule has 0 aliphatic rings. The lowest BCUT2D eigenvalue weighted by Crippen LogP contribution is -2.24. The topological polar surface area (TPSA) is 55.4 Å². The maximum Gasteiger partial charge on any atom is 0.329 e. The van der Waals surface area contributed by atoms with Crippen LogP contribution >= 0.6 is 0 Å². The molecule has 0 saturated heterocycles. The van der Waals surface area contributed by atoms with Crippen molar-refractivity contribution in [1.29, 1.82) is 0 Å². The summed E-state index contributed by atoms with van der Waals surface area (Å²) >= 11 is 0. The molecule has 0 spiro atoms. The first-order valence-corrected chi connectivity index (χ1v) is 4.86. The average molecular weight is 219 g/mol. The molecule has 4 nitrogen and oxygen atoms in total. The highest BCUT2D eigenvalue weighted by Crippen LogP contribution is 2.01. The normalized spacial score (nSPS) is 10.1. The number of rotatable bonds is 3. The maximum atomic E-state index is 11.1. The Bertz CT molecular complexity index is 385. The van der Waals surface area contributed by atoms with Crippen molar-refractivity contribution in [2.75, 3.05) is 0 Å². The van der Waals surface area contributed by atoms with E-state index in [9.17, 15) is 9.59 Å². The number of carbonyl (C=O) groups is 2. The molecule has 84 valence electrons. The van der Waals surface area contributed by atoms with E-state index in [-0.39, 0.29) is 12.3 Å². The van der Waals surface area contributed by atoms with Gasteiger partial charge in [-0.15, -0.1) is 0 Å². The largest absolute Gasteiger partial charge is 0.341 e. The van der Waals surface area contributed by atoms with Crippen molar-refractivity contribution in [2.45, 2.75) is 13.3 Å². The lowest BCUT2D eigenvalue weighted by atomic mass is 10.2. The molecular formula is C12H13NO3. The molecule has 1 aromatic carbocycles. The van der Waals surface area contributed by atoms with Gasteiger partial charge in [0.15, 0.2) is 0 Å². The van der Waals surface area contributed by atoms with Gasteiger partial charge < -0.3 is 4.84 Å². The molecule has 16 heavy (non-hydrogen) atoms. The standard InChI is InChI=1S/C12H13NO3/c1-10(14)16-13-12(15)9-5-8-11-6-3-2-4-7-11/h2-8H,9H2,1H3,(H,13,15)/b8-5+. The summed E-state index contributed by atoms with van der Waals surface area (Å²) in [6, 6.07) is 9.61. The Labute approximate surface area is 93.9 Å². The van der Waals surface area contributed by atoms with Gasteiger partial charge in [-0.3, -0.25) is 9.59 Å². The molecule has 1 amide bonds. The predicted molar refractivity (Wildman–Crippen MR) is 60.0 cm³/mol. The lowest BCUT2D eigenvalue weighted by Gasteiger charge is -2.00. The van der Waals surface area contributed by atoms with Crippen LogP contribution in [0.15, 0.2) is 36.4 Å². The van der Waals surface area contributed by atoms with E-state index in [0.29, 0.717) is 0 Å². The van der Waals surface area contributed by atoms with Crippen LogP contribution in [0.1, 0.15) is 18.9 Å². The summed E-state index contributed by atoms with van der Waals surface area (Å²) in [5.74, 6) is -0.900. The molecule has 1 rings (SSSR count). The molecule has 0 heterocycles. The van der Waals surface area contributed by atoms with Gasteiger partial charge in [0.25, 0.3) is 5.91 Å². The molecule has 0 saturated carbocycles. The van der Waals surface area contributed by atoms with Crippen LogP contribution in [0.3, 0.4) is 0 Å². The van der Waals surface area contributed by atoms with Crippen LogP contribution in [0.4, 0.5) is 0 Å². The first-order valence-electron chi connectivity index (χ1n) is 4.86. The van der Waals surface area contributed by atoms with E-state index in [0.717, 1.165) is 5.56 Å². The van der Waals surface area contributed by atoms with Crippen molar-refractivity contribution in [3.05, 3.63) is 42.0 Å². The molecule has 4 heteroatoms. The molecule has 1 aromatic rings. The summed E-state index contributed by atoms with van der Waals surface area (Å²) < 4.78 is 0. The van der Waals surface area contributed by atoms with E-state index in [1.165, 1.54) is 6.92 Å². The number of hydrogen-bond donors (Lipinski definition) is 1. The van der Waals surface area contributed by atoms with Gasteiger partial charge in [0.05, 0.1) is 0 Å². The molecule has 0 aliphatic heterocycles. The van der Waals surface area contributed by atoms with Gasteiger partial charge in [-0.05, 0) is 5.56 Å². The average Bonchev–Trinajstić information content (AvgIpc) is 2.28. The van der Waals surface area contributed by atoms with Crippen LogP contribution in [0.5, 0.6) is 0 Å². The van der Waals surface area contributed by atoms with Gasteiger partial charge in [0, 0.05) is 13.3 Å². The molecule has 0 fully saturated rings. The third-order valence-corrected chi connectivity index (χ3v) is 1.72. The number of carbonyl (C=O) groups excluding carboxylic acids is 2. The molecular weight excluding hydrogens is 206 g/mol. The van der Waals surface area contributed by atoms with Crippen LogP contribution in [-0.2, 0) is 14.4 Å². The van der Waals surface area contributed by atoms with E-state index in [4.69, 9.17) is 0 Å². The van der Waals surface area contributed by atoms with Gasteiger partial charge in [-0.1, -0.05) is 42.5 Å².